The van der Waals surface area contributed by atoms with E-state index in [1.807, 2.05) is 19.1 Å². The van der Waals surface area contributed by atoms with Crippen LogP contribution in [0.15, 0.2) is 45.3 Å². The minimum Gasteiger partial charge on any atom is -0.268 e. The summed E-state index contributed by atoms with van der Waals surface area (Å²) in [6.07, 6.45) is 0.742. The van der Waals surface area contributed by atoms with E-state index in [-0.39, 0.29) is 11.8 Å². The molecule has 0 spiro atoms. The Morgan fingerprint density at radius 2 is 1.52 bits per heavy atom. The van der Waals surface area contributed by atoms with E-state index >= 15 is 0 Å². The fourth-order valence-electron chi connectivity index (χ4n) is 2.49. The molecule has 1 aliphatic heterocycles. The molecule has 0 bridgehead atoms. The zero-order valence-electron chi connectivity index (χ0n) is 11.2. The number of fused-ring (bicyclic) bond motifs is 1. The van der Waals surface area contributed by atoms with E-state index in [1.54, 1.807) is 24.3 Å². The average molecular weight is 409 g/mol. The second-order valence-corrected chi connectivity index (χ2v) is 6.59. The quantitative estimate of drug-likeness (QED) is 0.682. The maximum Gasteiger partial charge on any atom is 0.266 e. The van der Waals surface area contributed by atoms with E-state index in [0.717, 1.165) is 20.9 Å². The average Bonchev–Trinajstić information content (AvgIpc) is 2.71. The van der Waals surface area contributed by atoms with Crippen LogP contribution in [0.25, 0.3) is 0 Å². The van der Waals surface area contributed by atoms with Crippen molar-refractivity contribution in [2.45, 2.75) is 13.3 Å². The van der Waals surface area contributed by atoms with E-state index < -0.39 is 0 Å². The van der Waals surface area contributed by atoms with E-state index in [4.69, 9.17) is 0 Å². The number of carbonyl (C=O) groups is 2. The Bertz CT molecular complexity index is 771. The van der Waals surface area contributed by atoms with Crippen LogP contribution in [0.4, 0.5) is 5.69 Å². The number of imide groups is 1. The van der Waals surface area contributed by atoms with Crippen LogP contribution in [0, 0.1) is 0 Å². The lowest BCUT2D eigenvalue weighted by Crippen LogP contribution is -2.30. The summed E-state index contributed by atoms with van der Waals surface area (Å²) in [5, 5.41) is 0. The van der Waals surface area contributed by atoms with Crippen LogP contribution >= 0.6 is 31.9 Å². The molecule has 2 aromatic carbocycles. The van der Waals surface area contributed by atoms with E-state index in [0.29, 0.717) is 16.8 Å². The van der Waals surface area contributed by atoms with E-state index in [2.05, 4.69) is 31.9 Å². The van der Waals surface area contributed by atoms with Crippen molar-refractivity contribution in [1.82, 2.24) is 0 Å². The number of amides is 2. The van der Waals surface area contributed by atoms with Crippen molar-refractivity contribution in [2.75, 3.05) is 4.90 Å². The fourth-order valence-corrected chi connectivity index (χ4v) is 3.26. The Morgan fingerprint density at radius 3 is 2.24 bits per heavy atom. The normalized spacial score (nSPS) is 13.8. The van der Waals surface area contributed by atoms with E-state index in [1.165, 1.54) is 4.90 Å². The first-order valence-corrected chi connectivity index (χ1v) is 8.08. The smallest absolute Gasteiger partial charge is 0.266 e. The molecule has 106 valence electrons. The van der Waals surface area contributed by atoms with Gasteiger partial charge in [-0.25, -0.2) is 4.90 Å². The summed E-state index contributed by atoms with van der Waals surface area (Å²) in [5.74, 6) is -0.534. The molecule has 1 heterocycles. The molecule has 0 aliphatic carbocycles. The molecule has 3 rings (SSSR count). The summed E-state index contributed by atoms with van der Waals surface area (Å²) in [6.45, 7) is 2.00. The minimum atomic E-state index is -0.270. The Hall–Kier alpha value is -1.46. The van der Waals surface area contributed by atoms with Crippen molar-refractivity contribution in [1.29, 1.82) is 0 Å². The standard InChI is InChI=1S/C16H11Br2NO2/c1-2-9-7-10(17)4-6-14(9)19-15(20)12-5-3-11(18)8-13(12)16(19)21/h3-8H,2H2,1H3. The summed E-state index contributed by atoms with van der Waals surface area (Å²) < 4.78 is 1.72. The number of halogens is 2. The van der Waals surface area contributed by atoms with Crippen molar-refractivity contribution < 1.29 is 9.59 Å². The molecule has 0 saturated heterocycles. The molecule has 0 unspecified atom stereocenters. The van der Waals surface area contributed by atoms with Crippen LogP contribution < -0.4 is 4.90 Å². The molecular formula is C16H11Br2NO2. The lowest BCUT2D eigenvalue weighted by molar-refractivity contribution is 0.0926. The number of rotatable bonds is 2. The van der Waals surface area contributed by atoms with Gasteiger partial charge in [-0.3, -0.25) is 9.59 Å². The van der Waals surface area contributed by atoms with Gasteiger partial charge in [0.1, 0.15) is 0 Å². The second-order valence-electron chi connectivity index (χ2n) is 4.76. The van der Waals surface area contributed by atoms with Gasteiger partial charge in [-0.2, -0.15) is 0 Å². The molecule has 1 aliphatic rings. The van der Waals surface area contributed by atoms with Crippen LogP contribution in [-0.2, 0) is 6.42 Å². The summed E-state index contributed by atoms with van der Waals surface area (Å²) in [6, 6.07) is 10.7. The highest BCUT2D eigenvalue weighted by molar-refractivity contribution is 9.10. The van der Waals surface area contributed by atoms with Crippen LogP contribution in [0.3, 0.4) is 0 Å². The van der Waals surface area contributed by atoms with Gasteiger partial charge >= 0.3 is 0 Å². The van der Waals surface area contributed by atoms with Crippen LogP contribution in [0.5, 0.6) is 0 Å². The molecule has 0 radical (unpaired) electrons. The Morgan fingerprint density at radius 1 is 0.905 bits per heavy atom. The summed E-state index contributed by atoms with van der Waals surface area (Å²) >= 11 is 6.76. The molecule has 21 heavy (non-hydrogen) atoms. The lowest BCUT2D eigenvalue weighted by atomic mass is 10.1. The highest BCUT2D eigenvalue weighted by Gasteiger charge is 2.37. The number of hydrogen-bond acceptors (Lipinski definition) is 2. The molecule has 0 aromatic heterocycles. The van der Waals surface area contributed by atoms with Gasteiger partial charge in [-0.05, 0) is 48.4 Å². The number of hydrogen-bond donors (Lipinski definition) is 0. The predicted molar refractivity (Wildman–Crippen MR) is 88.8 cm³/mol. The first-order valence-electron chi connectivity index (χ1n) is 6.49. The van der Waals surface area contributed by atoms with Crippen LogP contribution in [0.1, 0.15) is 33.2 Å². The highest BCUT2D eigenvalue weighted by atomic mass is 79.9. The lowest BCUT2D eigenvalue weighted by Gasteiger charge is -2.17. The molecule has 2 amide bonds. The van der Waals surface area contributed by atoms with Crippen molar-refractivity contribution in [3.8, 4) is 0 Å². The number of nitrogens with zero attached hydrogens (tertiary/aromatic N) is 1. The van der Waals surface area contributed by atoms with Gasteiger partial charge in [0.15, 0.2) is 0 Å². The molecule has 3 nitrogen and oxygen atoms in total. The van der Waals surface area contributed by atoms with Gasteiger partial charge in [0, 0.05) is 8.95 Å². The Labute approximate surface area is 139 Å². The monoisotopic (exact) mass is 407 g/mol. The predicted octanol–water partition coefficient (Wildman–Crippen LogP) is 4.57. The molecule has 5 heteroatoms. The van der Waals surface area contributed by atoms with Crippen molar-refractivity contribution in [3.05, 3.63) is 62.0 Å². The minimum absolute atomic E-state index is 0.264. The van der Waals surface area contributed by atoms with Crippen molar-refractivity contribution in [2.24, 2.45) is 0 Å². The number of anilines is 1. The summed E-state index contributed by atoms with van der Waals surface area (Å²) in [4.78, 5) is 26.4. The van der Waals surface area contributed by atoms with Crippen molar-refractivity contribution in [3.63, 3.8) is 0 Å². The number of benzene rings is 2. The zero-order valence-corrected chi connectivity index (χ0v) is 14.4. The third-order valence-electron chi connectivity index (χ3n) is 3.51. The largest absolute Gasteiger partial charge is 0.268 e. The first-order chi connectivity index (χ1) is 10.0. The molecule has 2 aromatic rings. The van der Waals surface area contributed by atoms with Gasteiger partial charge < -0.3 is 0 Å². The second kappa shape index (κ2) is 5.39. The van der Waals surface area contributed by atoms with Gasteiger partial charge in [0.25, 0.3) is 11.8 Å². The SMILES string of the molecule is CCc1cc(Br)ccc1N1C(=O)c2ccc(Br)cc2C1=O. The molecule has 0 saturated carbocycles. The number of aryl methyl sites for hydroxylation is 1. The molecule has 0 fully saturated rings. The topological polar surface area (TPSA) is 37.4 Å². The van der Waals surface area contributed by atoms with Gasteiger partial charge in [-0.15, -0.1) is 0 Å². The zero-order chi connectivity index (χ0) is 15.1. The maximum atomic E-state index is 12.6. The van der Waals surface area contributed by atoms with Gasteiger partial charge in [0.05, 0.1) is 16.8 Å². The third kappa shape index (κ3) is 2.34. The first kappa shape index (κ1) is 14.5. The Kier molecular flexibility index (Phi) is 3.71. The molecular weight excluding hydrogens is 398 g/mol. The maximum absolute atomic E-state index is 12.6. The van der Waals surface area contributed by atoms with E-state index in [9.17, 15) is 9.59 Å². The van der Waals surface area contributed by atoms with Crippen LogP contribution in [0.2, 0.25) is 0 Å². The third-order valence-corrected chi connectivity index (χ3v) is 4.50. The fraction of sp³-hybridized carbons (Fsp3) is 0.125. The molecule has 0 N–H and O–H groups in total. The van der Waals surface area contributed by atoms with Crippen LogP contribution in [-0.4, -0.2) is 11.8 Å². The summed E-state index contributed by atoms with van der Waals surface area (Å²) in [7, 11) is 0. The highest BCUT2D eigenvalue weighted by Crippen LogP contribution is 2.33. The molecule has 0 atom stereocenters. The summed E-state index contributed by atoms with van der Waals surface area (Å²) in [5.41, 5.74) is 2.51. The number of carbonyl (C=O) groups excluding carboxylic acids is 2. The van der Waals surface area contributed by atoms with Gasteiger partial charge in [-0.1, -0.05) is 38.8 Å². The van der Waals surface area contributed by atoms with Gasteiger partial charge in [0.2, 0.25) is 0 Å². The Balaban J connectivity index is 2.14. The van der Waals surface area contributed by atoms with Crippen molar-refractivity contribution >= 4 is 49.4 Å².